The molecule has 0 aliphatic rings. The van der Waals surface area contributed by atoms with Crippen molar-refractivity contribution in [3.63, 3.8) is 0 Å². The first-order valence-electron chi connectivity index (χ1n) is 7.13. The summed E-state index contributed by atoms with van der Waals surface area (Å²) >= 11 is 0. The molecule has 0 spiro atoms. The molecule has 0 aromatic heterocycles. The molecule has 0 aliphatic carbocycles. The van der Waals surface area contributed by atoms with Crippen LogP contribution in [0.5, 0.6) is 5.75 Å². The zero-order chi connectivity index (χ0) is 14.3. The van der Waals surface area contributed by atoms with Crippen LogP contribution < -0.4 is 10.1 Å². The van der Waals surface area contributed by atoms with Crippen molar-refractivity contribution in [3.05, 3.63) is 29.3 Å². The van der Waals surface area contributed by atoms with Gasteiger partial charge in [0, 0.05) is 25.2 Å². The average molecular weight is 264 g/mol. The van der Waals surface area contributed by atoms with Gasteiger partial charge < -0.3 is 10.1 Å². The van der Waals surface area contributed by atoms with E-state index in [2.05, 4.69) is 49.2 Å². The molecule has 108 valence electrons. The van der Waals surface area contributed by atoms with Gasteiger partial charge in [-0.2, -0.15) is 0 Å². The van der Waals surface area contributed by atoms with Gasteiger partial charge in [0.1, 0.15) is 5.75 Å². The fourth-order valence-electron chi connectivity index (χ4n) is 2.33. The quantitative estimate of drug-likeness (QED) is 0.781. The molecule has 1 rings (SSSR count). The minimum Gasteiger partial charge on any atom is -0.496 e. The molecule has 0 fully saturated rings. The maximum Gasteiger partial charge on any atom is 0.123 e. The number of rotatable bonds is 8. The molecule has 3 heteroatoms. The van der Waals surface area contributed by atoms with Crippen LogP contribution in [0.2, 0.25) is 0 Å². The molecule has 1 aromatic rings. The molecule has 19 heavy (non-hydrogen) atoms. The number of nitrogens with one attached hydrogen (secondary N) is 1. The van der Waals surface area contributed by atoms with Crippen LogP contribution in [0.4, 0.5) is 0 Å². The number of nitrogens with zero attached hydrogens (tertiary/aromatic N) is 1. The largest absolute Gasteiger partial charge is 0.496 e. The number of ether oxygens (including phenoxy) is 1. The molecule has 0 unspecified atom stereocenters. The van der Waals surface area contributed by atoms with Crippen molar-refractivity contribution in [1.29, 1.82) is 0 Å². The normalized spacial score (nSPS) is 11.3. The summed E-state index contributed by atoms with van der Waals surface area (Å²) in [6, 6.07) is 6.45. The number of hydrogen-bond donors (Lipinski definition) is 1. The molecule has 0 atom stereocenters. The molecular formula is C16H28N2O. The minimum absolute atomic E-state index is 0.687. The number of hydrogen-bond acceptors (Lipinski definition) is 3. The first kappa shape index (κ1) is 16.0. The number of benzene rings is 1. The lowest BCUT2D eigenvalue weighted by atomic mass is 10.1. The first-order valence-corrected chi connectivity index (χ1v) is 7.13. The van der Waals surface area contributed by atoms with Crippen molar-refractivity contribution in [2.24, 2.45) is 5.92 Å². The van der Waals surface area contributed by atoms with Gasteiger partial charge in [-0.15, -0.1) is 0 Å². The van der Waals surface area contributed by atoms with Gasteiger partial charge in [-0.3, -0.25) is 4.90 Å². The van der Waals surface area contributed by atoms with E-state index < -0.39 is 0 Å². The lowest BCUT2D eigenvalue weighted by molar-refractivity contribution is 0.244. The summed E-state index contributed by atoms with van der Waals surface area (Å²) in [4.78, 5) is 2.46. The van der Waals surface area contributed by atoms with Crippen molar-refractivity contribution in [2.45, 2.75) is 33.9 Å². The molecule has 0 radical (unpaired) electrons. The van der Waals surface area contributed by atoms with Gasteiger partial charge in [-0.05, 0) is 37.2 Å². The van der Waals surface area contributed by atoms with Gasteiger partial charge in [-0.1, -0.05) is 26.8 Å². The van der Waals surface area contributed by atoms with Crippen molar-refractivity contribution < 1.29 is 4.74 Å². The van der Waals surface area contributed by atoms with E-state index in [-0.39, 0.29) is 0 Å². The molecule has 0 amide bonds. The van der Waals surface area contributed by atoms with Crippen LogP contribution in [0, 0.1) is 5.92 Å². The zero-order valence-electron chi connectivity index (χ0n) is 13.0. The topological polar surface area (TPSA) is 24.5 Å². The third kappa shape index (κ3) is 5.21. The molecule has 0 aliphatic heterocycles. The fraction of sp³-hybridized carbons (Fsp3) is 0.625. The SMILES string of the molecule is CCN(Cc1cc(CNC)ccc1OC)CC(C)C. The Morgan fingerprint density at radius 2 is 2.05 bits per heavy atom. The van der Waals surface area contributed by atoms with Gasteiger partial charge in [0.15, 0.2) is 0 Å². The highest BCUT2D eigenvalue weighted by molar-refractivity contribution is 5.37. The Hall–Kier alpha value is -1.06. The smallest absolute Gasteiger partial charge is 0.123 e. The van der Waals surface area contributed by atoms with Crippen LogP contribution >= 0.6 is 0 Å². The van der Waals surface area contributed by atoms with E-state index in [1.54, 1.807) is 7.11 Å². The van der Waals surface area contributed by atoms with Crippen LogP contribution in [-0.4, -0.2) is 32.1 Å². The van der Waals surface area contributed by atoms with Gasteiger partial charge in [0.05, 0.1) is 7.11 Å². The third-order valence-electron chi connectivity index (χ3n) is 3.19. The van der Waals surface area contributed by atoms with Gasteiger partial charge in [0.2, 0.25) is 0 Å². The summed E-state index contributed by atoms with van der Waals surface area (Å²) < 4.78 is 5.48. The summed E-state index contributed by atoms with van der Waals surface area (Å²) in [5.74, 6) is 1.67. The van der Waals surface area contributed by atoms with Crippen LogP contribution in [0.25, 0.3) is 0 Å². The summed E-state index contributed by atoms with van der Waals surface area (Å²) in [7, 11) is 3.72. The Morgan fingerprint density at radius 3 is 2.58 bits per heavy atom. The van der Waals surface area contributed by atoms with Gasteiger partial charge >= 0.3 is 0 Å². The van der Waals surface area contributed by atoms with Crippen molar-refractivity contribution >= 4 is 0 Å². The number of methoxy groups -OCH3 is 1. The average Bonchev–Trinajstić information content (AvgIpc) is 2.38. The van der Waals surface area contributed by atoms with E-state index >= 15 is 0 Å². The molecule has 1 N–H and O–H groups in total. The second-order valence-electron chi connectivity index (χ2n) is 5.40. The fourth-order valence-corrected chi connectivity index (χ4v) is 2.33. The molecule has 0 bridgehead atoms. The predicted molar refractivity (Wildman–Crippen MR) is 81.5 cm³/mol. The monoisotopic (exact) mass is 264 g/mol. The maximum absolute atomic E-state index is 5.48. The van der Waals surface area contributed by atoms with Crippen LogP contribution in [0.1, 0.15) is 31.9 Å². The minimum atomic E-state index is 0.687. The van der Waals surface area contributed by atoms with Gasteiger partial charge in [-0.25, -0.2) is 0 Å². The summed E-state index contributed by atoms with van der Waals surface area (Å²) in [6.45, 7) is 10.8. The highest BCUT2D eigenvalue weighted by Gasteiger charge is 2.10. The van der Waals surface area contributed by atoms with Crippen LogP contribution in [0.15, 0.2) is 18.2 Å². The predicted octanol–water partition coefficient (Wildman–Crippen LogP) is 2.89. The molecular weight excluding hydrogens is 236 g/mol. The van der Waals surface area contributed by atoms with Gasteiger partial charge in [0.25, 0.3) is 0 Å². The Morgan fingerprint density at radius 1 is 1.32 bits per heavy atom. The second kappa shape index (κ2) is 8.18. The second-order valence-corrected chi connectivity index (χ2v) is 5.40. The van der Waals surface area contributed by atoms with E-state index in [1.165, 1.54) is 11.1 Å². The Balaban J connectivity index is 2.86. The van der Waals surface area contributed by atoms with Crippen molar-refractivity contribution in [2.75, 3.05) is 27.2 Å². The van der Waals surface area contributed by atoms with Crippen LogP contribution in [-0.2, 0) is 13.1 Å². The van der Waals surface area contributed by atoms with Crippen molar-refractivity contribution in [3.8, 4) is 5.75 Å². The molecule has 0 heterocycles. The molecule has 0 saturated heterocycles. The summed E-state index contributed by atoms with van der Waals surface area (Å²) in [5.41, 5.74) is 2.58. The summed E-state index contributed by atoms with van der Waals surface area (Å²) in [5, 5.41) is 3.19. The zero-order valence-corrected chi connectivity index (χ0v) is 13.0. The highest BCUT2D eigenvalue weighted by Crippen LogP contribution is 2.22. The Bertz CT molecular complexity index is 377. The highest BCUT2D eigenvalue weighted by atomic mass is 16.5. The van der Waals surface area contributed by atoms with Crippen molar-refractivity contribution in [1.82, 2.24) is 10.2 Å². The lowest BCUT2D eigenvalue weighted by Gasteiger charge is -2.24. The Labute approximate surface area is 118 Å². The lowest BCUT2D eigenvalue weighted by Crippen LogP contribution is -2.27. The van der Waals surface area contributed by atoms with E-state index in [1.807, 2.05) is 7.05 Å². The molecule has 1 aromatic carbocycles. The third-order valence-corrected chi connectivity index (χ3v) is 3.19. The standard InChI is InChI=1S/C16H28N2O/c1-6-18(11-13(2)3)12-15-9-14(10-17-4)7-8-16(15)19-5/h7-9,13,17H,6,10-12H2,1-5H3. The van der Waals surface area contributed by atoms with E-state index in [0.717, 1.165) is 31.9 Å². The van der Waals surface area contributed by atoms with E-state index in [0.29, 0.717) is 5.92 Å². The first-order chi connectivity index (χ1) is 9.10. The van der Waals surface area contributed by atoms with E-state index in [9.17, 15) is 0 Å². The Kier molecular flexibility index (Phi) is 6.89. The molecule has 0 saturated carbocycles. The van der Waals surface area contributed by atoms with Crippen LogP contribution in [0.3, 0.4) is 0 Å². The maximum atomic E-state index is 5.48. The molecule has 3 nitrogen and oxygen atoms in total. The summed E-state index contributed by atoms with van der Waals surface area (Å²) in [6.07, 6.45) is 0. The van der Waals surface area contributed by atoms with E-state index in [4.69, 9.17) is 4.74 Å².